The first-order valence-corrected chi connectivity index (χ1v) is 11.0. The van der Waals surface area contributed by atoms with Gasteiger partial charge in [0.25, 0.3) is 5.91 Å². The Morgan fingerprint density at radius 3 is 2.39 bits per heavy atom. The van der Waals surface area contributed by atoms with Crippen molar-refractivity contribution in [2.75, 3.05) is 40.0 Å². The molecule has 33 heavy (non-hydrogen) atoms. The zero-order valence-corrected chi connectivity index (χ0v) is 18.7. The van der Waals surface area contributed by atoms with Gasteiger partial charge in [-0.3, -0.25) is 9.69 Å². The van der Waals surface area contributed by atoms with Crippen LogP contribution in [0.5, 0.6) is 5.75 Å². The lowest BCUT2D eigenvalue weighted by Gasteiger charge is -2.35. The van der Waals surface area contributed by atoms with Crippen LogP contribution in [0, 0.1) is 11.3 Å². The first-order chi connectivity index (χ1) is 16.2. The quantitative estimate of drug-likeness (QED) is 0.599. The third-order valence-electron chi connectivity index (χ3n) is 5.95. The molecular formula is C27H27N3O3. The molecule has 1 fully saturated rings. The van der Waals surface area contributed by atoms with Crippen LogP contribution in [-0.2, 0) is 4.74 Å². The van der Waals surface area contributed by atoms with E-state index in [2.05, 4.69) is 16.3 Å². The molecule has 1 saturated heterocycles. The average Bonchev–Trinajstić information content (AvgIpc) is 2.89. The van der Waals surface area contributed by atoms with Gasteiger partial charge >= 0.3 is 0 Å². The summed E-state index contributed by atoms with van der Waals surface area (Å²) in [6.45, 7) is 3.42. The van der Waals surface area contributed by atoms with Gasteiger partial charge in [0.1, 0.15) is 5.75 Å². The van der Waals surface area contributed by atoms with Gasteiger partial charge in [0.05, 0.1) is 38.0 Å². The summed E-state index contributed by atoms with van der Waals surface area (Å²) >= 11 is 0. The Kier molecular flexibility index (Phi) is 7.36. The van der Waals surface area contributed by atoms with E-state index in [1.54, 1.807) is 19.2 Å². The summed E-state index contributed by atoms with van der Waals surface area (Å²) in [5.41, 5.74) is 3.71. The van der Waals surface area contributed by atoms with Crippen LogP contribution in [0.1, 0.15) is 27.5 Å². The Hall–Kier alpha value is -3.66. The highest BCUT2D eigenvalue weighted by molar-refractivity contribution is 6.01. The Balaban J connectivity index is 1.57. The van der Waals surface area contributed by atoms with Crippen LogP contribution in [0.15, 0.2) is 72.8 Å². The van der Waals surface area contributed by atoms with Crippen molar-refractivity contribution in [3.05, 3.63) is 89.5 Å². The molecule has 3 aromatic carbocycles. The maximum atomic E-state index is 13.3. The number of nitriles is 1. The van der Waals surface area contributed by atoms with Crippen molar-refractivity contribution < 1.29 is 14.3 Å². The zero-order valence-electron chi connectivity index (χ0n) is 18.7. The van der Waals surface area contributed by atoms with Gasteiger partial charge in [-0.15, -0.1) is 0 Å². The molecule has 1 amide bonds. The number of rotatable bonds is 7. The van der Waals surface area contributed by atoms with E-state index in [0.29, 0.717) is 30.9 Å². The molecule has 0 saturated carbocycles. The van der Waals surface area contributed by atoms with Crippen LogP contribution >= 0.6 is 0 Å². The summed E-state index contributed by atoms with van der Waals surface area (Å²) in [7, 11) is 1.65. The molecule has 0 aromatic heterocycles. The van der Waals surface area contributed by atoms with Crippen molar-refractivity contribution in [2.45, 2.75) is 6.04 Å². The fourth-order valence-corrected chi connectivity index (χ4v) is 4.19. The van der Waals surface area contributed by atoms with E-state index in [0.717, 1.165) is 35.5 Å². The van der Waals surface area contributed by atoms with Gasteiger partial charge in [-0.1, -0.05) is 48.5 Å². The maximum Gasteiger partial charge on any atom is 0.251 e. The summed E-state index contributed by atoms with van der Waals surface area (Å²) in [4.78, 5) is 15.6. The SMILES string of the molecule is COc1ccc([C@H](CNC(=O)c2ccccc2-c2ccccc2C#N)N2CCOCC2)cc1. The van der Waals surface area contributed by atoms with Crippen LogP contribution in [0.4, 0.5) is 0 Å². The van der Waals surface area contributed by atoms with E-state index >= 15 is 0 Å². The number of carbonyl (C=O) groups is 1. The van der Waals surface area contributed by atoms with Crippen molar-refractivity contribution in [1.29, 1.82) is 5.26 Å². The number of ether oxygens (including phenoxy) is 2. The van der Waals surface area contributed by atoms with Gasteiger partial charge < -0.3 is 14.8 Å². The fourth-order valence-electron chi connectivity index (χ4n) is 4.19. The molecule has 6 heteroatoms. The average molecular weight is 442 g/mol. The van der Waals surface area contributed by atoms with E-state index in [1.165, 1.54) is 0 Å². The lowest BCUT2D eigenvalue weighted by Crippen LogP contribution is -2.43. The summed E-state index contributed by atoms with van der Waals surface area (Å²) in [6, 6.07) is 25.0. The molecule has 1 aliphatic rings. The van der Waals surface area contributed by atoms with Gasteiger partial charge in [0, 0.05) is 30.8 Å². The molecule has 6 nitrogen and oxygen atoms in total. The van der Waals surface area contributed by atoms with Crippen LogP contribution in [0.2, 0.25) is 0 Å². The molecule has 0 spiro atoms. The molecule has 0 aliphatic carbocycles. The summed E-state index contributed by atoms with van der Waals surface area (Å²) in [5, 5.41) is 12.7. The number of nitrogens with zero attached hydrogens (tertiary/aromatic N) is 2. The minimum absolute atomic E-state index is 0.0160. The third-order valence-corrected chi connectivity index (χ3v) is 5.95. The Bertz CT molecular complexity index is 1130. The van der Waals surface area contributed by atoms with Gasteiger partial charge in [0.15, 0.2) is 0 Å². The van der Waals surface area contributed by atoms with E-state index in [4.69, 9.17) is 9.47 Å². The van der Waals surface area contributed by atoms with Gasteiger partial charge in [0.2, 0.25) is 0 Å². The second-order valence-electron chi connectivity index (χ2n) is 7.85. The normalized spacial score (nSPS) is 14.8. The van der Waals surface area contributed by atoms with Crippen LogP contribution in [-0.4, -0.2) is 50.8 Å². The fraction of sp³-hybridized carbons (Fsp3) is 0.259. The highest BCUT2D eigenvalue weighted by atomic mass is 16.5. The predicted molar refractivity (Wildman–Crippen MR) is 127 cm³/mol. The van der Waals surface area contributed by atoms with Gasteiger partial charge in [-0.05, 0) is 35.4 Å². The second kappa shape index (κ2) is 10.8. The van der Waals surface area contributed by atoms with Gasteiger partial charge in [-0.2, -0.15) is 5.26 Å². The maximum absolute atomic E-state index is 13.3. The third kappa shape index (κ3) is 5.23. The largest absolute Gasteiger partial charge is 0.497 e. The smallest absolute Gasteiger partial charge is 0.251 e. The minimum Gasteiger partial charge on any atom is -0.497 e. The molecular weight excluding hydrogens is 414 g/mol. The van der Waals surface area contributed by atoms with E-state index in [1.807, 2.05) is 60.7 Å². The molecule has 1 N–H and O–H groups in total. The number of methoxy groups -OCH3 is 1. The Morgan fingerprint density at radius 1 is 1.03 bits per heavy atom. The molecule has 0 radical (unpaired) electrons. The number of carbonyl (C=O) groups excluding carboxylic acids is 1. The highest BCUT2D eigenvalue weighted by Crippen LogP contribution is 2.28. The number of morpholine rings is 1. The summed E-state index contributed by atoms with van der Waals surface area (Å²) in [5.74, 6) is 0.638. The molecule has 0 unspecified atom stereocenters. The first-order valence-electron chi connectivity index (χ1n) is 11.0. The molecule has 4 rings (SSSR count). The van der Waals surface area contributed by atoms with Crippen molar-refractivity contribution in [1.82, 2.24) is 10.2 Å². The molecule has 3 aromatic rings. The molecule has 1 aliphatic heterocycles. The number of benzene rings is 3. The van der Waals surface area contributed by atoms with Crippen LogP contribution in [0.25, 0.3) is 11.1 Å². The number of amides is 1. The number of hydrogen-bond acceptors (Lipinski definition) is 5. The van der Waals surface area contributed by atoms with Crippen LogP contribution in [0.3, 0.4) is 0 Å². The van der Waals surface area contributed by atoms with Crippen molar-refractivity contribution >= 4 is 5.91 Å². The molecule has 1 heterocycles. The van der Waals surface area contributed by atoms with E-state index in [-0.39, 0.29) is 11.9 Å². The molecule has 0 bridgehead atoms. The summed E-state index contributed by atoms with van der Waals surface area (Å²) in [6.07, 6.45) is 0. The Morgan fingerprint density at radius 2 is 1.70 bits per heavy atom. The first kappa shape index (κ1) is 22.5. The highest BCUT2D eigenvalue weighted by Gasteiger charge is 2.24. The van der Waals surface area contributed by atoms with Crippen molar-refractivity contribution in [3.63, 3.8) is 0 Å². The molecule has 1 atom stereocenters. The Labute approximate surface area is 194 Å². The van der Waals surface area contributed by atoms with Crippen molar-refractivity contribution in [3.8, 4) is 22.9 Å². The molecule has 168 valence electrons. The number of hydrogen-bond donors (Lipinski definition) is 1. The minimum atomic E-state index is -0.162. The van der Waals surface area contributed by atoms with E-state index < -0.39 is 0 Å². The standard InChI is InChI=1S/C27H27N3O3/c1-32-22-12-10-20(11-13-22)26(30-14-16-33-17-15-30)19-29-27(31)25-9-5-4-8-24(25)23-7-3-2-6-21(23)18-28/h2-13,26H,14-17,19H2,1H3,(H,29,31)/t26-/m0/s1. The predicted octanol–water partition coefficient (Wildman–Crippen LogP) is 4.04. The lowest BCUT2D eigenvalue weighted by molar-refractivity contribution is 0.0162. The topological polar surface area (TPSA) is 74.6 Å². The van der Waals surface area contributed by atoms with Crippen LogP contribution < -0.4 is 10.1 Å². The zero-order chi connectivity index (χ0) is 23.0. The lowest BCUT2D eigenvalue weighted by atomic mass is 9.95. The van der Waals surface area contributed by atoms with Gasteiger partial charge in [-0.25, -0.2) is 0 Å². The second-order valence-corrected chi connectivity index (χ2v) is 7.85. The number of nitrogens with one attached hydrogen (secondary N) is 1. The van der Waals surface area contributed by atoms with Crippen molar-refractivity contribution in [2.24, 2.45) is 0 Å². The summed E-state index contributed by atoms with van der Waals surface area (Å²) < 4.78 is 10.8. The monoisotopic (exact) mass is 441 g/mol. The van der Waals surface area contributed by atoms with E-state index in [9.17, 15) is 10.1 Å².